The number of amides is 2. The highest BCUT2D eigenvalue weighted by atomic mass is 19.4. The predicted octanol–water partition coefficient (Wildman–Crippen LogP) is 2.88. The van der Waals surface area contributed by atoms with Crippen molar-refractivity contribution in [3.63, 3.8) is 0 Å². The highest BCUT2D eigenvalue weighted by Crippen LogP contribution is 2.35. The molecule has 10 heteroatoms. The van der Waals surface area contributed by atoms with Crippen LogP contribution >= 0.6 is 0 Å². The van der Waals surface area contributed by atoms with Crippen molar-refractivity contribution in [3.05, 3.63) is 29.8 Å². The summed E-state index contributed by atoms with van der Waals surface area (Å²) in [6.07, 6.45) is -4.91. The van der Waals surface area contributed by atoms with Crippen LogP contribution in [0.3, 0.4) is 0 Å². The lowest BCUT2D eigenvalue weighted by Gasteiger charge is -2.38. The second-order valence-corrected chi connectivity index (χ2v) is 6.61. The number of ether oxygens (including phenoxy) is 1. The van der Waals surface area contributed by atoms with E-state index < -0.39 is 36.0 Å². The van der Waals surface area contributed by atoms with E-state index in [4.69, 9.17) is 0 Å². The number of benzene rings is 1. The molecule has 0 atom stereocenters. The molecule has 1 heterocycles. The van der Waals surface area contributed by atoms with Gasteiger partial charge in [0.2, 0.25) is 0 Å². The number of anilines is 1. The van der Waals surface area contributed by atoms with Crippen molar-refractivity contribution in [1.82, 2.24) is 10.6 Å². The molecule has 1 aliphatic rings. The summed E-state index contributed by atoms with van der Waals surface area (Å²) in [6.45, 7) is 0.166. The zero-order valence-electron chi connectivity index (χ0n) is 15.4. The lowest BCUT2D eigenvalue weighted by Crippen LogP contribution is -2.43. The molecule has 1 aliphatic heterocycles. The number of nitrogens with one attached hydrogen (secondary N) is 2. The first-order valence-electron chi connectivity index (χ1n) is 8.85. The molecule has 1 fully saturated rings. The fourth-order valence-corrected chi connectivity index (χ4v) is 2.94. The largest absolute Gasteiger partial charge is 0.439 e. The Morgan fingerprint density at radius 3 is 2.54 bits per heavy atom. The van der Waals surface area contributed by atoms with Crippen LogP contribution in [0.1, 0.15) is 24.8 Å². The molecule has 0 radical (unpaired) electrons. The van der Waals surface area contributed by atoms with Crippen LogP contribution in [0.4, 0.5) is 28.0 Å². The quantitative estimate of drug-likeness (QED) is 0.714. The van der Waals surface area contributed by atoms with Crippen molar-refractivity contribution >= 4 is 17.7 Å². The molecule has 0 aromatic heterocycles. The van der Waals surface area contributed by atoms with Gasteiger partial charge in [-0.25, -0.2) is 9.18 Å². The number of alkyl halides is 4. The van der Waals surface area contributed by atoms with Gasteiger partial charge in [-0.2, -0.15) is 13.2 Å². The molecule has 2 N–H and O–H groups in total. The van der Waals surface area contributed by atoms with Crippen LogP contribution in [-0.2, 0) is 15.7 Å². The fraction of sp³-hybridized carbons (Fsp3) is 0.556. The Hall–Kier alpha value is -2.52. The molecular weight excluding hydrogens is 382 g/mol. The molecule has 6 nitrogen and oxygen atoms in total. The monoisotopic (exact) mass is 405 g/mol. The first-order valence-corrected chi connectivity index (χ1v) is 8.85. The number of carbonyl (C=O) groups excluding carboxylic acids is 2. The minimum atomic E-state index is -4.42. The summed E-state index contributed by atoms with van der Waals surface area (Å²) in [5.41, 5.74) is -1.85. The molecular formula is C18H23F4N3O3. The Balaban J connectivity index is 1.79. The smallest absolute Gasteiger partial charge is 0.416 e. The van der Waals surface area contributed by atoms with Gasteiger partial charge in [-0.3, -0.25) is 4.79 Å². The Bertz CT molecular complexity index is 689. The molecule has 1 aromatic carbocycles. The molecule has 1 saturated heterocycles. The lowest BCUT2D eigenvalue weighted by molar-refractivity contribution is -0.137. The molecule has 0 saturated carbocycles. The number of likely N-dealkylation sites (N-methyl/N-ethyl adjacent to an activating group) is 1. The van der Waals surface area contributed by atoms with Crippen molar-refractivity contribution in [2.75, 3.05) is 38.2 Å². The Kier molecular flexibility index (Phi) is 7.09. The van der Waals surface area contributed by atoms with Crippen molar-refractivity contribution in [2.24, 2.45) is 0 Å². The highest BCUT2D eigenvalue weighted by molar-refractivity contribution is 5.79. The van der Waals surface area contributed by atoms with Crippen LogP contribution in [0.25, 0.3) is 0 Å². The van der Waals surface area contributed by atoms with Gasteiger partial charge >= 0.3 is 12.3 Å². The zero-order chi connectivity index (χ0) is 20.8. The van der Waals surface area contributed by atoms with E-state index >= 15 is 0 Å². The number of carbonyl (C=O) groups is 2. The molecule has 28 heavy (non-hydrogen) atoms. The second kappa shape index (κ2) is 9.11. The molecule has 2 rings (SSSR count). The lowest BCUT2D eigenvalue weighted by atomic mass is 9.89. The molecule has 0 spiro atoms. The zero-order valence-corrected chi connectivity index (χ0v) is 15.4. The maximum Gasteiger partial charge on any atom is 0.416 e. The van der Waals surface area contributed by atoms with Gasteiger partial charge in [-0.1, -0.05) is 6.07 Å². The first-order chi connectivity index (χ1) is 13.1. The highest BCUT2D eigenvalue weighted by Gasteiger charge is 2.35. The van der Waals surface area contributed by atoms with Gasteiger partial charge in [0, 0.05) is 32.4 Å². The third-order valence-electron chi connectivity index (χ3n) is 4.65. The number of hydrogen-bond acceptors (Lipinski definition) is 4. The molecule has 0 unspecified atom stereocenters. The molecule has 0 bridgehead atoms. The van der Waals surface area contributed by atoms with Gasteiger partial charge in [-0.05, 0) is 37.5 Å². The Morgan fingerprint density at radius 1 is 1.25 bits per heavy atom. The van der Waals surface area contributed by atoms with Crippen LogP contribution in [-0.4, -0.2) is 51.0 Å². The van der Waals surface area contributed by atoms with E-state index in [9.17, 15) is 27.2 Å². The summed E-state index contributed by atoms with van der Waals surface area (Å²) in [6, 6.07) is 4.98. The number of rotatable bonds is 6. The van der Waals surface area contributed by atoms with Crippen LogP contribution in [0.5, 0.6) is 0 Å². The standard InChI is InChI=1S/C18H23F4N3O3/c1-23-15(26)12-28-16(27)24-8-5-17(19)6-9-25(10-7-17)14-4-2-3-13(11-14)18(20,21)22/h2-4,11H,5-10,12H2,1H3,(H,23,26)(H,24,27). The topological polar surface area (TPSA) is 70.7 Å². The number of hydrogen-bond donors (Lipinski definition) is 2. The summed E-state index contributed by atoms with van der Waals surface area (Å²) in [5.74, 6) is -0.459. The summed E-state index contributed by atoms with van der Waals surface area (Å²) in [5, 5.41) is 4.67. The maximum atomic E-state index is 14.9. The molecule has 0 aliphatic carbocycles. The van der Waals surface area contributed by atoms with Gasteiger partial charge in [0.1, 0.15) is 5.67 Å². The van der Waals surface area contributed by atoms with Gasteiger partial charge in [0.25, 0.3) is 5.91 Å². The molecule has 1 aromatic rings. The maximum absolute atomic E-state index is 14.9. The third-order valence-corrected chi connectivity index (χ3v) is 4.65. The van der Waals surface area contributed by atoms with Crippen LogP contribution in [0.15, 0.2) is 24.3 Å². The van der Waals surface area contributed by atoms with E-state index in [0.29, 0.717) is 5.69 Å². The van der Waals surface area contributed by atoms with E-state index in [0.717, 1.165) is 12.1 Å². The number of nitrogens with zero attached hydrogens (tertiary/aromatic N) is 1. The van der Waals surface area contributed by atoms with E-state index in [1.165, 1.54) is 13.1 Å². The fourth-order valence-electron chi connectivity index (χ4n) is 2.94. The third kappa shape index (κ3) is 6.28. The van der Waals surface area contributed by atoms with Crippen LogP contribution < -0.4 is 15.5 Å². The summed E-state index contributed by atoms with van der Waals surface area (Å²) >= 11 is 0. The van der Waals surface area contributed by atoms with E-state index in [1.54, 1.807) is 11.0 Å². The number of halogens is 4. The summed E-state index contributed by atoms with van der Waals surface area (Å²) in [4.78, 5) is 24.1. The molecule has 156 valence electrons. The SMILES string of the molecule is CNC(=O)COC(=O)NCCC1(F)CCN(c2cccc(C(F)(F)F)c2)CC1. The number of piperidine rings is 1. The van der Waals surface area contributed by atoms with Gasteiger partial charge in [0.05, 0.1) is 5.56 Å². The van der Waals surface area contributed by atoms with E-state index in [-0.39, 0.29) is 38.9 Å². The normalized spacial score (nSPS) is 16.4. The van der Waals surface area contributed by atoms with Crippen molar-refractivity contribution in [2.45, 2.75) is 31.1 Å². The average Bonchev–Trinajstić information content (AvgIpc) is 2.66. The van der Waals surface area contributed by atoms with Crippen molar-refractivity contribution in [1.29, 1.82) is 0 Å². The van der Waals surface area contributed by atoms with E-state index in [1.807, 2.05) is 0 Å². The van der Waals surface area contributed by atoms with Crippen LogP contribution in [0.2, 0.25) is 0 Å². The van der Waals surface area contributed by atoms with E-state index in [2.05, 4.69) is 15.4 Å². The van der Waals surface area contributed by atoms with Crippen molar-refractivity contribution in [3.8, 4) is 0 Å². The minimum Gasteiger partial charge on any atom is -0.439 e. The van der Waals surface area contributed by atoms with Gasteiger partial charge in [0.15, 0.2) is 6.61 Å². The minimum absolute atomic E-state index is 0.0344. The second-order valence-electron chi connectivity index (χ2n) is 6.61. The summed E-state index contributed by atoms with van der Waals surface area (Å²) in [7, 11) is 1.40. The Labute approximate surface area is 160 Å². The number of alkyl carbamates (subject to hydrolysis) is 1. The summed E-state index contributed by atoms with van der Waals surface area (Å²) < 4.78 is 58.0. The molecule has 2 amide bonds. The first kappa shape index (κ1) is 21.8. The Morgan fingerprint density at radius 2 is 1.93 bits per heavy atom. The van der Waals surface area contributed by atoms with Crippen molar-refractivity contribution < 1.29 is 31.9 Å². The van der Waals surface area contributed by atoms with Gasteiger partial charge in [-0.15, -0.1) is 0 Å². The van der Waals surface area contributed by atoms with Crippen LogP contribution in [0, 0.1) is 0 Å². The average molecular weight is 405 g/mol. The van der Waals surface area contributed by atoms with Gasteiger partial charge < -0.3 is 20.3 Å². The predicted molar refractivity (Wildman–Crippen MR) is 94.8 cm³/mol.